The molecule has 12 nitrogen and oxygen atoms in total. The predicted molar refractivity (Wildman–Crippen MR) is 155 cm³/mol. The number of hydrogen-bond donors (Lipinski definition) is 1. The third kappa shape index (κ3) is 5.08. The summed E-state index contributed by atoms with van der Waals surface area (Å²) in [6.45, 7) is 8.45. The lowest BCUT2D eigenvalue weighted by Gasteiger charge is -2.40. The number of H-pyrrole nitrogens is 1. The molecule has 1 N–H and O–H groups in total. The van der Waals surface area contributed by atoms with Crippen molar-refractivity contribution in [2.45, 2.75) is 25.2 Å². The van der Waals surface area contributed by atoms with Crippen LogP contribution >= 0.6 is 11.6 Å². The van der Waals surface area contributed by atoms with E-state index in [9.17, 15) is 9.18 Å². The summed E-state index contributed by atoms with van der Waals surface area (Å²) in [6, 6.07) is 3.08. The number of benzene rings is 1. The molecular weight excluding hydrogens is 567 g/mol. The molecule has 2 fully saturated rings. The van der Waals surface area contributed by atoms with Crippen LogP contribution in [-0.2, 0) is 9.53 Å². The van der Waals surface area contributed by atoms with Crippen molar-refractivity contribution in [3.05, 3.63) is 48.0 Å². The number of likely N-dealkylation sites (N-methyl/N-ethyl adjacent to an activating group) is 1. The fraction of sp³-hybridized carbons (Fsp3) is 0.393. The van der Waals surface area contributed by atoms with Crippen LogP contribution in [0.3, 0.4) is 0 Å². The van der Waals surface area contributed by atoms with Gasteiger partial charge in [-0.25, -0.2) is 9.37 Å². The number of amides is 1. The van der Waals surface area contributed by atoms with Gasteiger partial charge in [-0.15, -0.1) is 0 Å². The number of pyridine rings is 1. The van der Waals surface area contributed by atoms with Crippen molar-refractivity contribution in [2.24, 2.45) is 0 Å². The Bertz CT molecular complexity index is 1670. The van der Waals surface area contributed by atoms with Crippen LogP contribution < -0.4 is 14.4 Å². The number of fused-ring (bicyclic) bond motifs is 2. The summed E-state index contributed by atoms with van der Waals surface area (Å²) in [6.07, 6.45) is 3.91. The van der Waals surface area contributed by atoms with Gasteiger partial charge in [0.1, 0.15) is 34.4 Å². The molecule has 5 heterocycles. The molecule has 0 radical (unpaired) electrons. The van der Waals surface area contributed by atoms with E-state index in [4.69, 9.17) is 35.8 Å². The van der Waals surface area contributed by atoms with Crippen molar-refractivity contribution in [3.8, 4) is 17.6 Å². The number of methoxy groups -OCH3 is 1. The summed E-state index contributed by atoms with van der Waals surface area (Å²) in [5, 5.41) is 7.65. The summed E-state index contributed by atoms with van der Waals surface area (Å²) in [4.78, 5) is 32.3. The Labute approximate surface area is 246 Å². The van der Waals surface area contributed by atoms with Gasteiger partial charge >= 0.3 is 6.01 Å². The maximum Gasteiger partial charge on any atom is 0.319 e. The minimum Gasteiger partial charge on any atom is -0.456 e. The summed E-state index contributed by atoms with van der Waals surface area (Å²) in [7, 11) is 3.64. The number of halogens is 2. The quantitative estimate of drug-likeness (QED) is 0.318. The Morgan fingerprint density at radius 1 is 1.21 bits per heavy atom. The Kier molecular flexibility index (Phi) is 7.56. The minimum atomic E-state index is -0.667. The smallest absolute Gasteiger partial charge is 0.319 e. The molecule has 2 aliphatic heterocycles. The highest BCUT2D eigenvalue weighted by molar-refractivity contribution is 6.33. The maximum absolute atomic E-state index is 14.7. The first-order valence-electron chi connectivity index (χ1n) is 13.5. The van der Waals surface area contributed by atoms with E-state index in [1.807, 2.05) is 14.0 Å². The number of carbonyl (C=O) groups excluding carboxylic acids is 1. The lowest BCUT2D eigenvalue weighted by atomic mass is 10.1. The molecule has 2 saturated heterocycles. The van der Waals surface area contributed by atoms with Gasteiger partial charge in [0, 0.05) is 58.1 Å². The number of carbonyl (C=O) groups is 1. The zero-order valence-electron chi connectivity index (χ0n) is 23.4. The largest absolute Gasteiger partial charge is 0.456 e. The second-order valence-corrected chi connectivity index (χ2v) is 10.8. The third-order valence-electron chi connectivity index (χ3n) is 7.68. The van der Waals surface area contributed by atoms with Crippen LogP contribution in [0.25, 0.3) is 21.8 Å². The molecule has 220 valence electrons. The molecule has 2 aliphatic rings. The van der Waals surface area contributed by atoms with Crippen molar-refractivity contribution in [1.82, 2.24) is 34.9 Å². The fourth-order valence-corrected chi connectivity index (χ4v) is 5.74. The number of likely N-dealkylation sites (tertiary alicyclic amines) is 1. The third-order valence-corrected chi connectivity index (χ3v) is 8.03. The van der Waals surface area contributed by atoms with Crippen LogP contribution in [0.5, 0.6) is 17.6 Å². The van der Waals surface area contributed by atoms with E-state index in [0.29, 0.717) is 60.3 Å². The van der Waals surface area contributed by atoms with E-state index >= 15 is 0 Å². The van der Waals surface area contributed by atoms with Gasteiger partial charge in [-0.1, -0.05) is 18.2 Å². The molecule has 42 heavy (non-hydrogen) atoms. The first kappa shape index (κ1) is 28.1. The van der Waals surface area contributed by atoms with E-state index in [0.717, 1.165) is 0 Å². The zero-order valence-corrected chi connectivity index (χ0v) is 24.1. The van der Waals surface area contributed by atoms with E-state index in [1.54, 1.807) is 24.3 Å². The van der Waals surface area contributed by atoms with Gasteiger partial charge in [-0.2, -0.15) is 15.1 Å². The monoisotopic (exact) mass is 596 g/mol. The molecule has 1 aromatic carbocycles. The number of nitrogens with one attached hydrogen (secondary N) is 1. The SMILES string of the molecule is C=CC(=O)N1CCN(c2nc(O[C@@H]3CN(C)C[C@H]3OC)nc3c(Oc4c(Cl)c(F)cc5[nH]ncc45)nccc23)[C@H](C)C1. The Hall–Kier alpha value is -4.07. The van der Waals surface area contributed by atoms with Crippen LogP contribution in [0.4, 0.5) is 10.2 Å². The average molecular weight is 597 g/mol. The highest BCUT2D eigenvalue weighted by Crippen LogP contribution is 2.40. The second kappa shape index (κ2) is 11.3. The summed E-state index contributed by atoms with van der Waals surface area (Å²) in [5.41, 5.74) is 0.773. The Balaban J connectivity index is 1.45. The molecule has 0 unspecified atom stereocenters. The van der Waals surface area contributed by atoms with Crippen molar-refractivity contribution in [2.75, 3.05) is 51.8 Å². The molecule has 4 aromatic rings. The normalized spacial score (nSPS) is 21.3. The Morgan fingerprint density at radius 3 is 2.79 bits per heavy atom. The van der Waals surface area contributed by atoms with Gasteiger partial charge in [-0.3, -0.25) is 14.8 Å². The van der Waals surface area contributed by atoms with Crippen molar-refractivity contribution in [3.63, 3.8) is 0 Å². The molecule has 0 aliphatic carbocycles. The van der Waals surface area contributed by atoms with Crippen LogP contribution in [0, 0.1) is 5.82 Å². The summed E-state index contributed by atoms with van der Waals surface area (Å²) >= 11 is 6.35. The fourth-order valence-electron chi connectivity index (χ4n) is 5.54. The number of aromatic amines is 1. The van der Waals surface area contributed by atoms with E-state index in [2.05, 4.69) is 31.6 Å². The predicted octanol–water partition coefficient (Wildman–Crippen LogP) is 3.42. The van der Waals surface area contributed by atoms with Gasteiger partial charge in [0.05, 0.1) is 22.5 Å². The number of piperazine rings is 1. The van der Waals surface area contributed by atoms with Gasteiger partial charge in [0.15, 0.2) is 5.75 Å². The molecule has 3 atom stereocenters. The van der Waals surface area contributed by atoms with Crippen LogP contribution in [-0.4, -0.2) is 106 Å². The molecule has 1 amide bonds. The first-order valence-corrected chi connectivity index (χ1v) is 13.9. The number of ether oxygens (including phenoxy) is 3. The summed E-state index contributed by atoms with van der Waals surface area (Å²) in [5.74, 6) is -0.0356. The lowest BCUT2D eigenvalue weighted by molar-refractivity contribution is -0.126. The average Bonchev–Trinajstić information content (AvgIpc) is 3.60. The minimum absolute atomic E-state index is 0.0600. The second-order valence-electron chi connectivity index (χ2n) is 10.5. The summed E-state index contributed by atoms with van der Waals surface area (Å²) < 4.78 is 32.8. The highest BCUT2D eigenvalue weighted by atomic mass is 35.5. The van der Waals surface area contributed by atoms with Crippen molar-refractivity contribution in [1.29, 1.82) is 0 Å². The topological polar surface area (TPSA) is 122 Å². The van der Waals surface area contributed by atoms with Crippen LogP contribution in [0.15, 0.2) is 37.2 Å². The molecular formula is C28H30ClFN8O4. The van der Waals surface area contributed by atoms with E-state index < -0.39 is 5.82 Å². The van der Waals surface area contributed by atoms with Crippen molar-refractivity contribution >= 4 is 45.1 Å². The number of rotatable bonds is 7. The number of hydrogen-bond acceptors (Lipinski definition) is 10. The first-order chi connectivity index (χ1) is 20.3. The number of aromatic nitrogens is 5. The number of anilines is 1. The molecule has 14 heteroatoms. The van der Waals surface area contributed by atoms with Gasteiger partial charge in [0.25, 0.3) is 0 Å². The molecule has 0 saturated carbocycles. The molecule has 3 aromatic heterocycles. The molecule has 0 bridgehead atoms. The highest BCUT2D eigenvalue weighted by Gasteiger charge is 2.35. The molecule has 6 rings (SSSR count). The van der Waals surface area contributed by atoms with Crippen molar-refractivity contribution < 1.29 is 23.4 Å². The lowest BCUT2D eigenvalue weighted by Crippen LogP contribution is -2.53. The Morgan fingerprint density at radius 2 is 2.02 bits per heavy atom. The van der Waals surface area contributed by atoms with Gasteiger partial charge in [0.2, 0.25) is 11.8 Å². The van der Waals surface area contributed by atoms with E-state index in [1.165, 1.54) is 18.3 Å². The number of nitrogens with zero attached hydrogens (tertiary/aromatic N) is 7. The van der Waals surface area contributed by atoms with E-state index in [-0.39, 0.29) is 46.8 Å². The van der Waals surface area contributed by atoms with Crippen LogP contribution in [0.1, 0.15) is 6.92 Å². The van der Waals surface area contributed by atoms with Gasteiger partial charge in [-0.05, 0) is 26.1 Å². The zero-order chi connectivity index (χ0) is 29.5. The molecule has 0 spiro atoms. The maximum atomic E-state index is 14.7. The van der Waals surface area contributed by atoms with Gasteiger partial charge < -0.3 is 24.0 Å². The van der Waals surface area contributed by atoms with Crippen LogP contribution in [0.2, 0.25) is 5.02 Å². The standard InChI is InChI=1S/C28H30ClFN8O4/c1-5-22(39)37-8-9-38(15(2)12-37)26-16-6-7-31-27(42-25-17-11-32-35-19(17)10-18(30)23(25)29)24(16)33-28(34-26)41-21-14-36(3)13-20(21)40-4/h5-7,10-11,15,20-21H,1,8-9,12-14H2,2-4H3,(H,32,35)/t15-,20-,21-/m1/s1.